The Hall–Kier alpha value is -1.97. The predicted molar refractivity (Wildman–Crippen MR) is 81.8 cm³/mol. The number of nitrogens with zero attached hydrogens (tertiary/aromatic N) is 3. The van der Waals surface area contributed by atoms with Crippen LogP contribution in [-0.4, -0.2) is 53.6 Å². The average molecular weight is 325 g/mol. The number of hydrogen-bond donors (Lipinski definition) is 2. The molecule has 3 heterocycles. The third-order valence-corrected chi connectivity index (χ3v) is 4.13. The fourth-order valence-electron chi connectivity index (χ4n) is 2.22. The van der Waals surface area contributed by atoms with E-state index in [-0.39, 0.29) is 12.1 Å². The molecule has 2 bridgehead atoms. The maximum Gasteiger partial charge on any atom is 0.345 e. The number of thiazole rings is 1. The quantitative estimate of drug-likeness (QED) is 0.443. The van der Waals surface area contributed by atoms with Crippen LogP contribution in [0.15, 0.2) is 18.2 Å². The minimum atomic E-state index is -0.0722. The molecule has 120 valence electrons. The summed E-state index contributed by atoms with van der Waals surface area (Å²) in [4.78, 5) is 33.9. The zero-order valence-corrected chi connectivity index (χ0v) is 12.9. The van der Waals surface area contributed by atoms with E-state index in [0.29, 0.717) is 39.2 Å². The molecule has 3 rings (SSSR count). The van der Waals surface area contributed by atoms with Gasteiger partial charge in [0.2, 0.25) is 6.41 Å². The van der Waals surface area contributed by atoms with Gasteiger partial charge in [-0.25, -0.2) is 9.78 Å². The highest BCUT2D eigenvalue weighted by Gasteiger charge is 2.45. The van der Waals surface area contributed by atoms with Gasteiger partial charge in [-0.2, -0.15) is 5.06 Å². The van der Waals surface area contributed by atoms with Gasteiger partial charge in [-0.05, 0) is 0 Å². The normalized spacial score (nSPS) is 18.4. The topological polar surface area (TPSA) is 101 Å². The summed E-state index contributed by atoms with van der Waals surface area (Å²) in [6.07, 6.45) is 2.27. The Morgan fingerprint density at radius 2 is 2.45 bits per heavy atom. The molecule has 9 heteroatoms. The molecular weight excluding hydrogens is 306 g/mol. The Balaban J connectivity index is 0.000000254. The Kier molecular flexibility index (Phi) is 5.87. The molecule has 0 saturated carbocycles. The van der Waals surface area contributed by atoms with Crippen molar-refractivity contribution >= 4 is 23.8 Å². The maximum absolute atomic E-state index is 11.9. The van der Waals surface area contributed by atoms with Crippen LogP contribution in [0.3, 0.4) is 0 Å². The lowest BCUT2D eigenvalue weighted by Crippen LogP contribution is -2.30. The molecule has 8 nitrogen and oxygen atoms in total. The van der Waals surface area contributed by atoms with Gasteiger partial charge in [0, 0.05) is 13.1 Å². The third kappa shape index (κ3) is 3.43. The van der Waals surface area contributed by atoms with Crippen LogP contribution >= 0.6 is 11.3 Å². The minimum Gasteiger partial charge on any atom is -0.357 e. The van der Waals surface area contributed by atoms with Gasteiger partial charge in [-0.15, -0.1) is 17.9 Å². The van der Waals surface area contributed by atoms with Crippen molar-refractivity contribution in [3.63, 3.8) is 0 Å². The maximum atomic E-state index is 11.9. The van der Waals surface area contributed by atoms with Crippen molar-refractivity contribution in [1.82, 2.24) is 20.3 Å². The van der Waals surface area contributed by atoms with Gasteiger partial charge in [0.15, 0.2) is 0 Å². The first-order valence-corrected chi connectivity index (χ1v) is 7.72. The Labute approximate surface area is 132 Å². The smallest absolute Gasteiger partial charge is 0.345 e. The SMILES string of the molecule is C=CCON1C(=O)N2Cc3ncsc3[C@@H]1C2.NCCNC=O. The molecule has 1 saturated heterocycles. The van der Waals surface area contributed by atoms with Crippen molar-refractivity contribution in [2.24, 2.45) is 5.73 Å². The molecule has 3 N–H and O–H groups in total. The number of rotatable bonds is 6. The monoisotopic (exact) mass is 325 g/mol. The van der Waals surface area contributed by atoms with Crippen molar-refractivity contribution < 1.29 is 14.4 Å². The van der Waals surface area contributed by atoms with Crippen molar-refractivity contribution in [1.29, 1.82) is 0 Å². The lowest BCUT2D eigenvalue weighted by molar-refractivity contribution is -0.118. The second-order valence-electron chi connectivity index (χ2n) is 4.61. The summed E-state index contributed by atoms with van der Waals surface area (Å²) in [5, 5.41) is 3.84. The highest BCUT2D eigenvalue weighted by molar-refractivity contribution is 7.09. The highest BCUT2D eigenvalue weighted by Crippen LogP contribution is 2.39. The van der Waals surface area contributed by atoms with Gasteiger partial charge in [0.05, 0.1) is 35.8 Å². The first kappa shape index (κ1) is 16.4. The molecule has 1 atom stereocenters. The standard InChI is InChI=1S/C10H11N3O2S.C3H8N2O/c1-2-3-15-13-8-5-12(10(13)14)4-7-9(8)16-6-11-7;4-1-2-5-3-6/h2,6,8H,1,3-5H2;3H,1-2,4H2,(H,5,6)/t8-;/m0./s1. The lowest BCUT2D eigenvalue weighted by atomic mass is 10.1. The molecule has 1 fully saturated rings. The minimum absolute atomic E-state index is 0.00343. The van der Waals surface area contributed by atoms with Crippen molar-refractivity contribution in [2.75, 3.05) is 26.2 Å². The number of amides is 3. The van der Waals surface area contributed by atoms with Crippen LogP contribution in [-0.2, 0) is 16.2 Å². The van der Waals surface area contributed by atoms with Crippen LogP contribution in [0, 0.1) is 0 Å². The van der Waals surface area contributed by atoms with Gasteiger partial charge in [0.25, 0.3) is 0 Å². The summed E-state index contributed by atoms with van der Waals surface area (Å²) >= 11 is 1.59. The van der Waals surface area contributed by atoms with Crippen molar-refractivity contribution in [3.05, 3.63) is 28.7 Å². The van der Waals surface area contributed by atoms with Gasteiger partial charge in [0.1, 0.15) is 6.04 Å². The van der Waals surface area contributed by atoms with Crippen LogP contribution < -0.4 is 11.1 Å². The second kappa shape index (κ2) is 7.87. The molecule has 0 unspecified atom stereocenters. The first-order chi connectivity index (χ1) is 10.7. The number of hydroxylamine groups is 2. The molecule has 0 aromatic carbocycles. The Morgan fingerprint density at radius 1 is 1.64 bits per heavy atom. The summed E-state index contributed by atoms with van der Waals surface area (Å²) in [5.74, 6) is 0. The van der Waals surface area contributed by atoms with E-state index in [1.54, 1.807) is 22.3 Å². The second-order valence-corrected chi connectivity index (χ2v) is 5.50. The van der Waals surface area contributed by atoms with Gasteiger partial charge in [-0.3, -0.25) is 9.63 Å². The number of urea groups is 1. The van der Waals surface area contributed by atoms with Gasteiger partial charge in [-0.1, -0.05) is 6.08 Å². The van der Waals surface area contributed by atoms with Crippen LogP contribution in [0.25, 0.3) is 0 Å². The van der Waals surface area contributed by atoms with E-state index in [2.05, 4.69) is 16.9 Å². The van der Waals surface area contributed by atoms with Crippen LogP contribution in [0.4, 0.5) is 4.79 Å². The van der Waals surface area contributed by atoms with E-state index < -0.39 is 0 Å². The Morgan fingerprint density at radius 3 is 3.09 bits per heavy atom. The fraction of sp³-hybridized carbons (Fsp3) is 0.462. The number of carbonyl (C=O) groups is 2. The fourth-order valence-corrected chi connectivity index (χ4v) is 3.10. The first-order valence-electron chi connectivity index (χ1n) is 6.84. The van der Waals surface area contributed by atoms with E-state index in [9.17, 15) is 9.59 Å². The molecule has 2 aliphatic heterocycles. The summed E-state index contributed by atoms with van der Waals surface area (Å²) in [5.41, 5.74) is 7.81. The van der Waals surface area contributed by atoms with E-state index in [0.717, 1.165) is 10.6 Å². The van der Waals surface area contributed by atoms with Crippen molar-refractivity contribution in [2.45, 2.75) is 12.6 Å². The number of nitrogens with one attached hydrogen (secondary N) is 1. The van der Waals surface area contributed by atoms with E-state index in [1.807, 2.05) is 5.51 Å². The molecule has 3 amide bonds. The molecule has 0 spiro atoms. The number of carbonyl (C=O) groups excluding carboxylic acids is 2. The van der Waals surface area contributed by atoms with E-state index in [1.165, 1.54) is 5.06 Å². The molecule has 1 aromatic rings. The van der Waals surface area contributed by atoms with Gasteiger partial charge >= 0.3 is 6.03 Å². The molecular formula is C13H19N5O3S. The zero-order chi connectivity index (χ0) is 15.9. The largest absolute Gasteiger partial charge is 0.357 e. The summed E-state index contributed by atoms with van der Waals surface area (Å²) in [6, 6.07) is -0.0687. The lowest BCUT2D eigenvalue weighted by Gasteiger charge is -2.21. The summed E-state index contributed by atoms with van der Waals surface area (Å²) in [6.45, 7) is 6.32. The van der Waals surface area contributed by atoms with E-state index in [4.69, 9.17) is 10.6 Å². The van der Waals surface area contributed by atoms with Crippen LogP contribution in [0.2, 0.25) is 0 Å². The summed E-state index contributed by atoms with van der Waals surface area (Å²) in [7, 11) is 0. The zero-order valence-electron chi connectivity index (χ0n) is 12.1. The molecule has 22 heavy (non-hydrogen) atoms. The number of aromatic nitrogens is 1. The van der Waals surface area contributed by atoms with Gasteiger partial charge < -0.3 is 16.0 Å². The summed E-state index contributed by atoms with van der Waals surface area (Å²) < 4.78 is 0. The average Bonchev–Trinajstić information content (AvgIpc) is 3.10. The molecule has 0 radical (unpaired) electrons. The predicted octanol–water partition coefficient (Wildman–Crippen LogP) is 0.244. The third-order valence-electron chi connectivity index (χ3n) is 3.15. The highest BCUT2D eigenvalue weighted by atomic mass is 32.1. The Bertz CT molecular complexity index is 536. The molecule has 1 aromatic heterocycles. The van der Waals surface area contributed by atoms with E-state index >= 15 is 0 Å². The molecule has 0 aliphatic carbocycles. The van der Waals surface area contributed by atoms with Crippen LogP contribution in [0.5, 0.6) is 0 Å². The number of fused-ring (bicyclic) bond motifs is 4. The number of nitrogens with two attached hydrogens (primary N) is 1. The van der Waals surface area contributed by atoms with Crippen molar-refractivity contribution in [3.8, 4) is 0 Å². The number of hydrogen-bond acceptors (Lipinski definition) is 6. The molecule has 2 aliphatic rings. The van der Waals surface area contributed by atoms with Crippen LogP contribution in [0.1, 0.15) is 16.6 Å².